The quantitative estimate of drug-likeness (QED) is 0.867. The maximum atomic E-state index is 12.2. The van der Waals surface area contributed by atoms with Crippen molar-refractivity contribution in [1.82, 2.24) is 14.3 Å². The van der Waals surface area contributed by atoms with Crippen LogP contribution in [0.2, 0.25) is 0 Å². The van der Waals surface area contributed by atoms with Crippen LogP contribution >= 0.6 is 0 Å². The van der Waals surface area contributed by atoms with Crippen molar-refractivity contribution in [2.45, 2.75) is 37.2 Å². The van der Waals surface area contributed by atoms with E-state index in [0.29, 0.717) is 6.54 Å². The lowest BCUT2D eigenvalue weighted by Gasteiger charge is -2.09. The molecule has 0 fully saturated rings. The molecule has 0 aliphatic carbocycles. The molecule has 0 amide bonds. The van der Waals surface area contributed by atoms with Crippen LogP contribution in [0, 0.1) is 0 Å². The van der Waals surface area contributed by atoms with E-state index >= 15 is 0 Å². The Balaban J connectivity index is 1.87. The van der Waals surface area contributed by atoms with E-state index in [0.717, 1.165) is 37.2 Å². The molecule has 0 saturated carbocycles. The highest BCUT2D eigenvalue weighted by atomic mass is 32.2. The lowest BCUT2D eigenvalue weighted by Crippen LogP contribution is -2.27. The van der Waals surface area contributed by atoms with Gasteiger partial charge in [-0.2, -0.15) is 5.10 Å². The topological polar surface area (TPSA) is 100.0 Å². The number of benzene rings is 1. The average Bonchev–Trinajstić information content (AvgIpc) is 2.76. The summed E-state index contributed by atoms with van der Waals surface area (Å²) in [6.07, 6.45) is 2.88. The molecule has 7 nitrogen and oxygen atoms in total. The molecule has 1 aromatic heterocycles. The van der Waals surface area contributed by atoms with Crippen molar-refractivity contribution < 1.29 is 8.42 Å². The first-order chi connectivity index (χ1) is 9.95. The largest absolute Gasteiger partial charge is 0.346 e. The van der Waals surface area contributed by atoms with Gasteiger partial charge >= 0.3 is 5.69 Å². The zero-order valence-electron chi connectivity index (χ0n) is 11.4. The van der Waals surface area contributed by atoms with E-state index in [2.05, 4.69) is 5.10 Å². The fourth-order valence-corrected chi connectivity index (χ4v) is 3.02. The first kappa shape index (κ1) is 14.0. The zero-order valence-corrected chi connectivity index (χ0v) is 12.2. The van der Waals surface area contributed by atoms with Crippen molar-refractivity contribution in [2.24, 2.45) is 5.14 Å². The van der Waals surface area contributed by atoms with Crippen LogP contribution in [0.15, 0.2) is 34.0 Å². The van der Waals surface area contributed by atoms with Crippen molar-refractivity contribution in [3.05, 3.63) is 46.1 Å². The Morgan fingerprint density at radius 2 is 1.90 bits per heavy atom. The highest BCUT2D eigenvalue weighted by Gasteiger charge is 2.16. The van der Waals surface area contributed by atoms with Crippen LogP contribution in [0.1, 0.15) is 24.2 Å². The number of nitrogens with zero attached hydrogens (tertiary/aromatic N) is 3. The van der Waals surface area contributed by atoms with Crippen LogP contribution in [0.3, 0.4) is 0 Å². The van der Waals surface area contributed by atoms with Gasteiger partial charge in [-0.3, -0.25) is 4.57 Å². The number of primary sulfonamides is 1. The molecule has 0 radical (unpaired) electrons. The van der Waals surface area contributed by atoms with E-state index in [1.54, 1.807) is 16.7 Å². The third kappa shape index (κ3) is 2.77. The normalized spacial score (nSPS) is 14.9. The Hall–Kier alpha value is -1.93. The summed E-state index contributed by atoms with van der Waals surface area (Å²) in [6, 6.07) is 6.16. The summed E-state index contributed by atoms with van der Waals surface area (Å²) < 4.78 is 25.5. The van der Waals surface area contributed by atoms with Gasteiger partial charge in [0.15, 0.2) is 0 Å². The lowest BCUT2D eigenvalue weighted by molar-refractivity contribution is 0.511. The number of sulfonamides is 1. The number of fused-ring (bicyclic) bond motifs is 1. The van der Waals surface area contributed by atoms with E-state index < -0.39 is 10.0 Å². The molecule has 1 aliphatic heterocycles. The standard InChI is InChI=1S/C13H16N4O3S/c14-21(19,20)11-6-4-10(5-7-11)9-17-13(18)16-8-2-1-3-12(16)15-17/h4-7H,1-3,8-9H2,(H2,14,19,20). The van der Waals surface area contributed by atoms with Crippen molar-refractivity contribution in [2.75, 3.05) is 0 Å². The summed E-state index contributed by atoms with van der Waals surface area (Å²) in [5, 5.41) is 9.39. The van der Waals surface area contributed by atoms with E-state index in [9.17, 15) is 13.2 Å². The molecule has 2 N–H and O–H groups in total. The average molecular weight is 308 g/mol. The third-order valence-electron chi connectivity index (χ3n) is 3.62. The lowest BCUT2D eigenvalue weighted by atomic mass is 10.2. The Morgan fingerprint density at radius 1 is 1.19 bits per heavy atom. The van der Waals surface area contributed by atoms with E-state index in [4.69, 9.17) is 5.14 Å². The summed E-state index contributed by atoms with van der Waals surface area (Å²) in [7, 11) is -3.69. The molecule has 0 unspecified atom stereocenters. The molecule has 0 bridgehead atoms. The van der Waals surface area contributed by atoms with Gasteiger partial charge in [-0.25, -0.2) is 23.0 Å². The molecule has 8 heteroatoms. The van der Waals surface area contributed by atoms with E-state index in [1.807, 2.05) is 0 Å². The summed E-state index contributed by atoms with van der Waals surface area (Å²) in [5.41, 5.74) is 0.695. The number of aryl methyl sites for hydroxylation is 1. The Bertz CT molecular complexity index is 818. The number of hydrogen-bond acceptors (Lipinski definition) is 4. The summed E-state index contributed by atoms with van der Waals surface area (Å²) in [4.78, 5) is 12.2. The second kappa shape index (κ2) is 5.12. The third-order valence-corrected chi connectivity index (χ3v) is 4.54. The van der Waals surface area contributed by atoms with Gasteiger partial charge in [-0.15, -0.1) is 0 Å². The Kier molecular flexibility index (Phi) is 3.42. The van der Waals surface area contributed by atoms with Crippen LogP contribution in [-0.4, -0.2) is 22.8 Å². The zero-order chi connectivity index (χ0) is 15.0. The molecule has 0 atom stereocenters. The predicted octanol–water partition coefficient (Wildman–Crippen LogP) is 0.0768. The predicted molar refractivity (Wildman–Crippen MR) is 76.3 cm³/mol. The van der Waals surface area contributed by atoms with Crippen LogP contribution in [0.25, 0.3) is 0 Å². The molecular formula is C13H16N4O3S. The van der Waals surface area contributed by atoms with Gasteiger partial charge in [-0.05, 0) is 30.5 Å². The highest BCUT2D eigenvalue weighted by molar-refractivity contribution is 7.89. The van der Waals surface area contributed by atoms with Crippen LogP contribution in [0.5, 0.6) is 0 Å². The Morgan fingerprint density at radius 3 is 2.52 bits per heavy atom. The van der Waals surface area contributed by atoms with Gasteiger partial charge in [0, 0.05) is 13.0 Å². The maximum absolute atomic E-state index is 12.2. The first-order valence-electron chi connectivity index (χ1n) is 6.73. The molecule has 2 heterocycles. The summed E-state index contributed by atoms with van der Waals surface area (Å²) in [6.45, 7) is 1.04. The minimum Gasteiger partial charge on any atom is -0.279 e. The molecule has 21 heavy (non-hydrogen) atoms. The smallest absolute Gasteiger partial charge is 0.279 e. The van der Waals surface area contributed by atoms with Gasteiger partial charge in [0.1, 0.15) is 5.82 Å². The molecule has 2 aromatic rings. The Labute approximate surface area is 122 Å². The van der Waals surface area contributed by atoms with Crippen molar-refractivity contribution >= 4 is 10.0 Å². The second-order valence-electron chi connectivity index (χ2n) is 5.15. The fourth-order valence-electron chi connectivity index (χ4n) is 2.51. The van der Waals surface area contributed by atoms with Crippen LogP contribution in [-0.2, 0) is 29.5 Å². The number of nitrogens with two attached hydrogens (primary N) is 1. The highest BCUT2D eigenvalue weighted by Crippen LogP contribution is 2.12. The number of rotatable bonds is 3. The van der Waals surface area contributed by atoms with Crippen molar-refractivity contribution in [3.63, 3.8) is 0 Å². The number of aromatic nitrogens is 3. The molecule has 0 spiro atoms. The van der Waals surface area contributed by atoms with E-state index in [-0.39, 0.29) is 10.6 Å². The molecule has 3 rings (SSSR count). The minimum absolute atomic E-state index is 0.0581. The fraction of sp³-hybridized carbons (Fsp3) is 0.385. The first-order valence-corrected chi connectivity index (χ1v) is 8.28. The molecular weight excluding hydrogens is 292 g/mol. The van der Waals surface area contributed by atoms with Crippen molar-refractivity contribution in [3.8, 4) is 0 Å². The molecule has 1 aromatic carbocycles. The van der Waals surface area contributed by atoms with Gasteiger partial charge < -0.3 is 0 Å². The maximum Gasteiger partial charge on any atom is 0.346 e. The monoisotopic (exact) mass is 308 g/mol. The summed E-state index contributed by atoms with van der Waals surface area (Å²) >= 11 is 0. The molecule has 112 valence electrons. The van der Waals surface area contributed by atoms with Crippen LogP contribution in [0.4, 0.5) is 0 Å². The molecule has 0 saturated heterocycles. The second-order valence-corrected chi connectivity index (χ2v) is 6.72. The molecule has 1 aliphatic rings. The van der Waals surface area contributed by atoms with Gasteiger partial charge in [0.05, 0.1) is 11.4 Å². The minimum atomic E-state index is -3.69. The number of hydrogen-bond donors (Lipinski definition) is 1. The van der Waals surface area contributed by atoms with Gasteiger partial charge in [0.25, 0.3) is 0 Å². The van der Waals surface area contributed by atoms with Crippen molar-refractivity contribution in [1.29, 1.82) is 0 Å². The van der Waals surface area contributed by atoms with Gasteiger partial charge in [0.2, 0.25) is 10.0 Å². The van der Waals surface area contributed by atoms with Crippen LogP contribution < -0.4 is 10.8 Å². The van der Waals surface area contributed by atoms with Gasteiger partial charge in [-0.1, -0.05) is 12.1 Å². The SMILES string of the molecule is NS(=O)(=O)c1ccc(Cn2nc3n(c2=O)CCCC3)cc1. The van der Waals surface area contributed by atoms with E-state index in [1.165, 1.54) is 16.8 Å². The summed E-state index contributed by atoms with van der Waals surface area (Å²) in [5.74, 6) is 0.826.